The molecule has 0 spiro atoms. The van der Waals surface area contributed by atoms with Crippen LogP contribution in [0.15, 0.2) is 24.3 Å². The predicted molar refractivity (Wildman–Crippen MR) is 85.6 cm³/mol. The highest BCUT2D eigenvalue weighted by molar-refractivity contribution is 5.27. The van der Waals surface area contributed by atoms with Crippen molar-refractivity contribution in [3.05, 3.63) is 29.8 Å². The number of β-amino-alcohol motifs (C(OH)–C–C–N with tert-alkyl or cyclic N) is 1. The molecule has 1 fully saturated rings. The average molecular weight is 292 g/mol. The highest BCUT2D eigenvalue weighted by atomic mass is 16.5. The molecule has 21 heavy (non-hydrogen) atoms. The van der Waals surface area contributed by atoms with Gasteiger partial charge >= 0.3 is 0 Å². The summed E-state index contributed by atoms with van der Waals surface area (Å²) in [5.74, 6) is 0.940. The van der Waals surface area contributed by atoms with Gasteiger partial charge in [-0.15, -0.1) is 0 Å². The van der Waals surface area contributed by atoms with Crippen molar-refractivity contribution >= 4 is 0 Å². The fourth-order valence-corrected chi connectivity index (χ4v) is 2.71. The Bertz CT molecular complexity index is 409. The topological polar surface area (TPSA) is 35.9 Å². The molecule has 0 saturated carbocycles. The van der Waals surface area contributed by atoms with E-state index < -0.39 is 0 Å². The largest absolute Gasteiger partial charge is 0.491 e. The van der Waals surface area contributed by atoms with Crippen molar-refractivity contribution in [3.63, 3.8) is 0 Å². The number of benzene rings is 1. The summed E-state index contributed by atoms with van der Waals surface area (Å²) in [5.41, 5.74) is 1.33. The van der Waals surface area contributed by atoms with Crippen LogP contribution in [0, 0.1) is 0 Å². The van der Waals surface area contributed by atoms with E-state index in [1.165, 1.54) is 5.56 Å². The van der Waals surface area contributed by atoms with Crippen LogP contribution in [0.3, 0.4) is 0 Å². The molecule has 1 aromatic carbocycles. The molecule has 4 heteroatoms. The molecular weight excluding hydrogens is 264 g/mol. The minimum absolute atomic E-state index is 0.220. The van der Waals surface area contributed by atoms with Crippen molar-refractivity contribution in [1.29, 1.82) is 0 Å². The fourth-order valence-electron chi connectivity index (χ4n) is 2.71. The van der Waals surface area contributed by atoms with Gasteiger partial charge < -0.3 is 9.84 Å². The van der Waals surface area contributed by atoms with Crippen LogP contribution in [0.5, 0.6) is 5.75 Å². The van der Waals surface area contributed by atoms with Gasteiger partial charge in [-0.2, -0.15) is 0 Å². The molecule has 0 amide bonds. The minimum Gasteiger partial charge on any atom is -0.491 e. The van der Waals surface area contributed by atoms with Gasteiger partial charge in [0.2, 0.25) is 0 Å². The second-order valence-corrected chi connectivity index (χ2v) is 6.24. The molecule has 1 atom stereocenters. The molecule has 0 radical (unpaired) electrons. The minimum atomic E-state index is -0.231. The van der Waals surface area contributed by atoms with Crippen LogP contribution in [-0.2, 0) is 6.54 Å². The van der Waals surface area contributed by atoms with Crippen LogP contribution in [0.2, 0.25) is 0 Å². The third kappa shape index (κ3) is 5.65. The Kier molecular flexibility index (Phi) is 6.03. The lowest BCUT2D eigenvalue weighted by Gasteiger charge is -2.35. The monoisotopic (exact) mass is 292 g/mol. The van der Waals surface area contributed by atoms with Crippen molar-refractivity contribution in [2.45, 2.75) is 39.5 Å². The van der Waals surface area contributed by atoms with Crippen LogP contribution in [0.1, 0.15) is 26.3 Å². The highest BCUT2D eigenvalue weighted by Gasteiger charge is 2.17. The summed E-state index contributed by atoms with van der Waals surface area (Å²) in [7, 11) is 0. The maximum atomic E-state index is 9.43. The van der Waals surface area contributed by atoms with Gasteiger partial charge in [-0.25, -0.2) is 0 Å². The van der Waals surface area contributed by atoms with E-state index >= 15 is 0 Å². The molecule has 1 aliphatic heterocycles. The lowest BCUT2D eigenvalue weighted by Crippen LogP contribution is -2.47. The van der Waals surface area contributed by atoms with E-state index in [4.69, 9.17) is 4.74 Å². The van der Waals surface area contributed by atoms with Crippen molar-refractivity contribution < 1.29 is 9.84 Å². The van der Waals surface area contributed by atoms with Gasteiger partial charge in [-0.1, -0.05) is 12.1 Å². The smallest absolute Gasteiger partial charge is 0.119 e. The molecule has 1 aliphatic rings. The van der Waals surface area contributed by atoms with Gasteiger partial charge in [-0.3, -0.25) is 9.80 Å². The van der Waals surface area contributed by atoms with E-state index in [1.54, 1.807) is 0 Å². The lowest BCUT2D eigenvalue weighted by molar-refractivity contribution is 0.0781. The highest BCUT2D eigenvalue weighted by Crippen LogP contribution is 2.16. The number of rotatable bonds is 6. The predicted octanol–water partition coefficient (Wildman–Crippen LogP) is 1.97. The second-order valence-electron chi connectivity index (χ2n) is 6.24. The number of aliphatic hydroxyl groups is 1. The standard InChI is InChI=1S/C17H28N2O2/c1-14(2)21-17-6-4-16(5-7-17)13-19-10-8-18(9-11-19)12-15(3)20/h4-7,14-15,20H,8-13H2,1-3H3. The fraction of sp³-hybridized carbons (Fsp3) is 0.647. The third-order valence-electron chi connectivity index (χ3n) is 3.69. The van der Waals surface area contributed by atoms with E-state index in [0.717, 1.165) is 45.0 Å². The first-order valence-corrected chi connectivity index (χ1v) is 7.91. The number of hydrogen-bond donors (Lipinski definition) is 1. The van der Waals surface area contributed by atoms with E-state index in [0.29, 0.717) is 0 Å². The van der Waals surface area contributed by atoms with E-state index in [2.05, 4.69) is 34.1 Å². The summed E-state index contributed by atoms with van der Waals surface area (Å²) in [4.78, 5) is 4.80. The first-order chi connectivity index (χ1) is 10.0. The van der Waals surface area contributed by atoms with Crippen LogP contribution in [0.4, 0.5) is 0 Å². The molecule has 118 valence electrons. The third-order valence-corrected chi connectivity index (χ3v) is 3.69. The van der Waals surface area contributed by atoms with Gasteiger partial charge in [0.25, 0.3) is 0 Å². The maximum Gasteiger partial charge on any atom is 0.119 e. The molecule has 4 nitrogen and oxygen atoms in total. The SMILES string of the molecule is CC(O)CN1CCN(Cc2ccc(OC(C)C)cc2)CC1. The lowest BCUT2D eigenvalue weighted by atomic mass is 10.2. The summed E-state index contributed by atoms with van der Waals surface area (Å²) >= 11 is 0. The zero-order valence-electron chi connectivity index (χ0n) is 13.5. The normalized spacial score (nSPS) is 18.9. The van der Waals surface area contributed by atoms with Gasteiger partial charge in [0, 0.05) is 39.3 Å². The molecule has 1 N–H and O–H groups in total. The van der Waals surface area contributed by atoms with Crippen molar-refractivity contribution in [3.8, 4) is 5.75 Å². The number of piperazine rings is 1. The van der Waals surface area contributed by atoms with Crippen LogP contribution in [-0.4, -0.2) is 59.8 Å². The Balaban J connectivity index is 1.78. The van der Waals surface area contributed by atoms with Gasteiger partial charge in [0.1, 0.15) is 5.75 Å². The maximum absolute atomic E-state index is 9.43. The molecule has 0 bridgehead atoms. The van der Waals surface area contributed by atoms with Gasteiger partial charge in [-0.05, 0) is 38.5 Å². The Morgan fingerprint density at radius 3 is 2.10 bits per heavy atom. The van der Waals surface area contributed by atoms with Crippen molar-refractivity contribution in [1.82, 2.24) is 9.80 Å². The van der Waals surface area contributed by atoms with Crippen molar-refractivity contribution in [2.24, 2.45) is 0 Å². The molecule has 0 aromatic heterocycles. The van der Waals surface area contributed by atoms with E-state index in [9.17, 15) is 5.11 Å². The molecule has 1 unspecified atom stereocenters. The van der Waals surface area contributed by atoms with Gasteiger partial charge in [0.15, 0.2) is 0 Å². The number of hydrogen-bond acceptors (Lipinski definition) is 4. The number of aliphatic hydroxyl groups excluding tert-OH is 1. The second kappa shape index (κ2) is 7.78. The average Bonchev–Trinajstić information content (AvgIpc) is 2.42. The van der Waals surface area contributed by atoms with Crippen LogP contribution >= 0.6 is 0 Å². The first kappa shape index (κ1) is 16.3. The van der Waals surface area contributed by atoms with E-state index in [1.807, 2.05) is 20.8 Å². The van der Waals surface area contributed by atoms with Crippen LogP contribution < -0.4 is 4.74 Å². The Morgan fingerprint density at radius 1 is 1.00 bits per heavy atom. The van der Waals surface area contributed by atoms with Crippen LogP contribution in [0.25, 0.3) is 0 Å². The van der Waals surface area contributed by atoms with Gasteiger partial charge in [0.05, 0.1) is 12.2 Å². The zero-order valence-corrected chi connectivity index (χ0v) is 13.5. The Labute approximate surface area is 128 Å². The summed E-state index contributed by atoms with van der Waals surface area (Å²) in [6.07, 6.45) is -0.0112. The Morgan fingerprint density at radius 2 is 1.57 bits per heavy atom. The van der Waals surface area contributed by atoms with Crippen molar-refractivity contribution in [2.75, 3.05) is 32.7 Å². The molecule has 0 aliphatic carbocycles. The summed E-state index contributed by atoms with van der Waals surface area (Å²) in [6.45, 7) is 11.9. The quantitative estimate of drug-likeness (QED) is 0.869. The number of ether oxygens (including phenoxy) is 1. The molecule has 1 saturated heterocycles. The molecule has 1 aromatic rings. The first-order valence-electron chi connectivity index (χ1n) is 7.91. The Hall–Kier alpha value is -1.10. The zero-order chi connectivity index (χ0) is 15.2. The molecular formula is C17H28N2O2. The number of nitrogens with zero attached hydrogens (tertiary/aromatic N) is 2. The summed E-state index contributed by atoms with van der Waals surface area (Å²) in [5, 5.41) is 9.43. The molecule has 1 heterocycles. The summed E-state index contributed by atoms with van der Waals surface area (Å²) < 4.78 is 5.67. The summed E-state index contributed by atoms with van der Waals surface area (Å²) in [6, 6.07) is 8.41. The van der Waals surface area contributed by atoms with E-state index in [-0.39, 0.29) is 12.2 Å². The molecule has 2 rings (SSSR count).